The van der Waals surface area contributed by atoms with Crippen LogP contribution in [0.1, 0.15) is 63.7 Å². The van der Waals surface area contributed by atoms with Gasteiger partial charge in [-0.1, -0.05) is 48.0 Å². The van der Waals surface area contributed by atoms with Crippen LogP contribution in [-0.4, -0.2) is 174 Å². The lowest BCUT2D eigenvalue weighted by molar-refractivity contribution is 0.101. The summed E-state index contributed by atoms with van der Waals surface area (Å²) in [5.74, 6) is -0.905. The molecule has 0 radical (unpaired) electrons. The first-order valence-corrected chi connectivity index (χ1v) is 49.8. The van der Waals surface area contributed by atoms with E-state index in [-0.39, 0.29) is 100.0 Å². The minimum absolute atomic E-state index is 0.0284. The van der Waals surface area contributed by atoms with Gasteiger partial charge < -0.3 is 40.2 Å². The SMILES string of the molecule is Cc1cc(N2COCCS2(=O)=O)ccc1C(=O)Nc1ccc(Cl)c(-c2nccc3ncccc23)c1.Cc1ccc(NC(=O)c2ccc(N3COCCS3(=O)=O)cc2)cc1-c1ccc2cnccc2n1.Cc1ccc(NC(=O)c2ccc(N3COCCS3(=O)=O)cc2)cc1-c1ncc2ccccc2n1.Cc1ccc(NC(=O)c2ccc(N3COCCS3(=O)=O)cc2)cc1-c1nccc2ncccc12. The van der Waals surface area contributed by atoms with Crippen molar-refractivity contribution in [3.8, 4) is 45.2 Å². The molecule has 694 valence electrons. The molecule has 0 atom stereocenters. The predicted molar refractivity (Wildman–Crippen MR) is 530 cm³/mol. The van der Waals surface area contributed by atoms with Crippen molar-refractivity contribution in [2.75, 3.05) is 115 Å². The molecule has 9 aromatic carbocycles. The maximum absolute atomic E-state index is 13.1. The molecule has 0 aliphatic carbocycles. The number of nitrogens with one attached hydrogen (secondary N) is 4. The highest BCUT2D eigenvalue weighted by atomic mass is 35.5. The van der Waals surface area contributed by atoms with Crippen molar-refractivity contribution in [1.82, 2.24) is 39.9 Å². The van der Waals surface area contributed by atoms with Crippen LogP contribution in [0.25, 0.3) is 88.8 Å². The van der Waals surface area contributed by atoms with E-state index in [9.17, 15) is 52.8 Å². The fourth-order valence-corrected chi connectivity index (χ4v) is 20.6. The Kier molecular flexibility index (Phi) is 27.8. The van der Waals surface area contributed by atoms with Gasteiger partial charge >= 0.3 is 0 Å². The molecule has 4 N–H and O–H groups in total. The number of fused-ring (bicyclic) bond motifs is 4. The molecule has 32 nitrogen and oxygen atoms in total. The number of nitrogens with zero attached hydrogens (tertiary/aromatic N) is 12. The number of carbonyl (C=O) groups excluding carboxylic acids is 4. The molecule has 137 heavy (non-hydrogen) atoms. The van der Waals surface area contributed by atoms with Gasteiger partial charge in [-0.25, -0.2) is 65.8 Å². The summed E-state index contributed by atoms with van der Waals surface area (Å²) in [4.78, 5) is 87.5. The Labute approximate surface area is 794 Å². The topological polar surface area (TPSA) is 406 Å². The second kappa shape index (κ2) is 40.7. The minimum atomic E-state index is -3.44. The van der Waals surface area contributed by atoms with Crippen molar-refractivity contribution in [2.45, 2.75) is 27.7 Å². The molecule has 11 heterocycles. The molecule has 4 aliphatic rings. The third-order valence-corrected chi connectivity index (χ3v) is 29.9. The number of amides is 4. The van der Waals surface area contributed by atoms with Crippen molar-refractivity contribution >= 4 is 164 Å². The highest BCUT2D eigenvalue weighted by Gasteiger charge is 2.32. The lowest BCUT2D eigenvalue weighted by Gasteiger charge is -2.28. The number of ether oxygens (including phenoxy) is 4. The van der Waals surface area contributed by atoms with E-state index in [0.29, 0.717) is 95.4 Å². The van der Waals surface area contributed by atoms with Crippen LogP contribution in [0.15, 0.2) is 286 Å². The minimum Gasteiger partial charge on any atom is -0.359 e. The molecule has 4 amide bonds. The Hall–Kier alpha value is -15.0. The summed E-state index contributed by atoms with van der Waals surface area (Å²) < 4.78 is 124. The average Bonchev–Trinajstić information content (AvgIpc) is 0.790. The van der Waals surface area contributed by atoms with Gasteiger partial charge in [-0.15, -0.1) is 0 Å². The van der Waals surface area contributed by atoms with Crippen molar-refractivity contribution in [2.24, 2.45) is 0 Å². The van der Waals surface area contributed by atoms with E-state index in [1.807, 2.05) is 154 Å². The van der Waals surface area contributed by atoms with Crippen LogP contribution in [0.4, 0.5) is 45.5 Å². The van der Waals surface area contributed by atoms with Crippen molar-refractivity contribution in [3.05, 3.63) is 336 Å². The molecule has 37 heteroatoms. The Morgan fingerprint density at radius 2 is 0.730 bits per heavy atom. The molecular weight excluding hydrogens is 1840 g/mol. The van der Waals surface area contributed by atoms with Gasteiger partial charge in [-0.3, -0.25) is 44.1 Å². The maximum atomic E-state index is 13.1. The summed E-state index contributed by atoms with van der Waals surface area (Å²) in [5, 5.41) is 15.8. The monoisotopic (exact) mass is 1930 g/mol. The van der Waals surface area contributed by atoms with Gasteiger partial charge in [0.1, 0.15) is 26.9 Å². The predicted octanol–water partition coefficient (Wildman–Crippen LogP) is 16.6. The zero-order valence-corrected chi connectivity index (χ0v) is 78.1. The number of carbonyl (C=O) groups is 4. The van der Waals surface area contributed by atoms with Gasteiger partial charge in [0.15, 0.2) is 5.82 Å². The molecule has 0 spiro atoms. The van der Waals surface area contributed by atoms with E-state index >= 15 is 0 Å². The van der Waals surface area contributed by atoms with Crippen LogP contribution in [0, 0.1) is 27.7 Å². The van der Waals surface area contributed by atoms with Crippen molar-refractivity contribution in [3.63, 3.8) is 0 Å². The van der Waals surface area contributed by atoms with Crippen LogP contribution in [0.5, 0.6) is 0 Å². The Bertz CT molecular complexity index is 7610. The van der Waals surface area contributed by atoms with E-state index in [1.165, 1.54) is 17.2 Å². The van der Waals surface area contributed by atoms with Crippen molar-refractivity contribution < 1.29 is 71.8 Å². The molecule has 16 aromatic rings. The summed E-state index contributed by atoms with van der Waals surface area (Å²) >= 11 is 6.49. The van der Waals surface area contributed by atoms with Gasteiger partial charge in [0, 0.05) is 132 Å². The second-order valence-electron chi connectivity index (χ2n) is 32.0. The molecule has 4 aliphatic heterocycles. The number of aryl methyl sites for hydroxylation is 4. The quantitative estimate of drug-likeness (QED) is 0.0698. The first-order chi connectivity index (χ1) is 66.1. The molecule has 4 fully saturated rings. The number of rotatable bonds is 16. The number of para-hydroxylation sites is 1. The summed E-state index contributed by atoms with van der Waals surface area (Å²) in [6.07, 6.45) is 12.1. The van der Waals surface area contributed by atoms with Gasteiger partial charge in [-0.2, -0.15) is 0 Å². The molecule has 7 aromatic heterocycles. The summed E-state index contributed by atoms with van der Waals surface area (Å²) in [5.41, 5.74) is 18.6. The zero-order chi connectivity index (χ0) is 95.7. The molecule has 4 saturated heterocycles. The fourth-order valence-electron chi connectivity index (χ4n) is 15.5. The molecular formula is C100H87ClN16O16S4. The van der Waals surface area contributed by atoms with Crippen LogP contribution in [0.3, 0.4) is 0 Å². The van der Waals surface area contributed by atoms with E-state index < -0.39 is 40.1 Å². The van der Waals surface area contributed by atoms with Crippen LogP contribution in [0.2, 0.25) is 5.02 Å². The molecule has 0 unspecified atom stereocenters. The highest BCUT2D eigenvalue weighted by molar-refractivity contribution is 7.93. The summed E-state index contributed by atoms with van der Waals surface area (Å²) in [6, 6.07) is 71.1. The number of benzene rings is 9. The van der Waals surface area contributed by atoms with Gasteiger partial charge in [0.05, 0.1) is 116 Å². The second-order valence-corrected chi connectivity index (χ2v) is 40.5. The van der Waals surface area contributed by atoms with E-state index in [1.54, 1.807) is 159 Å². The number of halogens is 1. The Balaban J connectivity index is 0.000000127. The maximum Gasteiger partial charge on any atom is 0.255 e. The number of sulfonamides is 4. The average molecular weight is 1930 g/mol. The lowest BCUT2D eigenvalue weighted by atomic mass is 10.0. The normalized spacial score (nSPS) is 15.2. The third-order valence-electron chi connectivity index (χ3n) is 22.9. The summed E-state index contributed by atoms with van der Waals surface area (Å²) in [6.45, 7) is 8.31. The van der Waals surface area contributed by atoms with Crippen LogP contribution < -0.4 is 38.5 Å². The largest absolute Gasteiger partial charge is 0.359 e. The van der Waals surface area contributed by atoms with Crippen LogP contribution >= 0.6 is 11.6 Å². The fraction of sp³-hybridized carbons (Fsp3) is 0.160. The van der Waals surface area contributed by atoms with Crippen molar-refractivity contribution in [1.29, 1.82) is 0 Å². The van der Waals surface area contributed by atoms with E-state index in [4.69, 9.17) is 35.5 Å². The van der Waals surface area contributed by atoms with Gasteiger partial charge in [-0.05, 0) is 256 Å². The first-order valence-electron chi connectivity index (χ1n) is 43.0. The standard InChI is InChI=1S/C25H21ClN4O4S.3C25H22N4O4S/c1-16-13-18(30-15-34-11-12-35(30,32)33)5-6-19(16)25(31)29-17-4-7-22(26)21(14-17)24-20-3-2-9-27-23(20)8-10-28-24;1-17-2-6-20(14-22(17)24-9-5-19-15-26-11-10-23(19)28-24)27-25(30)18-3-7-21(8-4-18)29-16-33-12-13-34(29,31)32;1-17-4-7-19(15-22(17)24-21-3-2-11-26-23(21)10-12-27-24)28-25(30)18-5-8-20(9-6-18)29-16-33-13-14-34(29,31)32;1-17-6-9-20(14-22(17)24-26-15-19-4-2-3-5-23(19)28-24)27-25(30)18-7-10-21(11-8-18)29-16-33-12-13-34(29,31)32/h2-10,13-14H,11-12,15H2,1H3,(H,29,31);2-11,14-15H,12-13,16H2,1H3,(H,27,30);2-12,15H,13-14,16H2,1H3,(H,28,30);2-11,14-15H,12-13,16H2,1H3,(H,27,30). The Morgan fingerprint density at radius 1 is 0.328 bits per heavy atom. The van der Waals surface area contributed by atoms with E-state index in [0.717, 1.165) is 88.4 Å². The number of aromatic nitrogens is 8. The number of anilines is 8. The van der Waals surface area contributed by atoms with Gasteiger partial charge in [0.2, 0.25) is 40.1 Å². The van der Waals surface area contributed by atoms with Crippen LogP contribution in [-0.2, 0) is 59.0 Å². The smallest absolute Gasteiger partial charge is 0.255 e. The van der Waals surface area contributed by atoms with Gasteiger partial charge in [0.25, 0.3) is 23.6 Å². The zero-order valence-electron chi connectivity index (χ0n) is 74.0. The first kappa shape index (κ1) is 93.8. The Morgan fingerprint density at radius 3 is 1.22 bits per heavy atom. The summed E-state index contributed by atoms with van der Waals surface area (Å²) in [7, 11) is -13.7. The lowest BCUT2D eigenvalue weighted by Crippen LogP contribution is -2.41. The number of hydrogen-bond acceptors (Lipinski definition) is 24. The number of hydrogen-bond donors (Lipinski definition) is 4. The van der Waals surface area contributed by atoms with E-state index in [2.05, 4.69) is 56.2 Å². The highest BCUT2D eigenvalue weighted by Crippen LogP contribution is 2.38. The third kappa shape index (κ3) is 21.6. The molecule has 0 saturated carbocycles. The molecule has 0 bridgehead atoms. The molecule has 20 rings (SSSR count). The number of pyridine rings is 6.